The highest BCUT2D eigenvalue weighted by atomic mass is 35.5. The SMILES string of the molecule is CCCCNC(=O)C(C)N(Cc1ccc(Cl)cc1Cl)C(=O)CN(c1ccc(C)cc1)S(=O)(=O)c1ccc(Cl)cc1. The van der Waals surface area contributed by atoms with Gasteiger partial charge in [-0.3, -0.25) is 13.9 Å². The maximum Gasteiger partial charge on any atom is 0.264 e. The molecular formula is C29H32Cl3N3O4S. The molecule has 1 unspecified atom stereocenters. The number of carbonyl (C=O) groups is 2. The van der Waals surface area contributed by atoms with E-state index in [1.807, 2.05) is 13.8 Å². The number of hydrogen-bond donors (Lipinski definition) is 1. The van der Waals surface area contributed by atoms with Crippen LogP contribution in [-0.4, -0.2) is 44.3 Å². The summed E-state index contributed by atoms with van der Waals surface area (Å²) in [5.41, 5.74) is 1.80. The molecular weight excluding hydrogens is 593 g/mol. The standard InChI is InChI=1S/C29H32Cl3N3O4S/c1-4-5-16-33-29(37)21(3)34(18-22-8-9-24(31)17-27(22)32)28(36)19-35(25-12-6-20(2)7-13-25)40(38,39)26-14-10-23(30)11-15-26/h6-15,17,21H,4-5,16,18-19H2,1-3H3,(H,33,37). The monoisotopic (exact) mass is 623 g/mol. The van der Waals surface area contributed by atoms with Crippen LogP contribution in [0.1, 0.15) is 37.8 Å². The van der Waals surface area contributed by atoms with Gasteiger partial charge in [0, 0.05) is 28.2 Å². The molecule has 214 valence electrons. The number of benzene rings is 3. The van der Waals surface area contributed by atoms with Gasteiger partial charge in [-0.25, -0.2) is 8.42 Å². The Labute approximate surface area is 251 Å². The van der Waals surface area contributed by atoms with E-state index in [1.54, 1.807) is 49.4 Å². The maximum atomic E-state index is 13.9. The van der Waals surface area contributed by atoms with Gasteiger partial charge in [-0.05, 0) is 74.4 Å². The summed E-state index contributed by atoms with van der Waals surface area (Å²) in [5, 5.41) is 3.98. The normalized spacial score (nSPS) is 12.1. The van der Waals surface area contributed by atoms with Crippen LogP contribution in [0.3, 0.4) is 0 Å². The van der Waals surface area contributed by atoms with E-state index in [4.69, 9.17) is 34.8 Å². The van der Waals surface area contributed by atoms with Gasteiger partial charge in [0.05, 0.1) is 10.6 Å². The van der Waals surface area contributed by atoms with E-state index >= 15 is 0 Å². The average Bonchev–Trinajstić information content (AvgIpc) is 2.91. The number of carbonyl (C=O) groups excluding carboxylic acids is 2. The molecule has 0 saturated carbocycles. The van der Waals surface area contributed by atoms with Crippen LogP contribution in [0.4, 0.5) is 5.69 Å². The summed E-state index contributed by atoms with van der Waals surface area (Å²) in [6.45, 7) is 5.38. The number of rotatable bonds is 12. The lowest BCUT2D eigenvalue weighted by Crippen LogP contribution is -2.51. The highest BCUT2D eigenvalue weighted by Gasteiger charge is 2.32. The molecule has 0 radical (unpaired) electrons. The molecule has 1 atom stereocenters. The van der Waals surface area contributed by atoms with E-state index in [1.165, 1.54) is 29.2 Å². The van der Waals surface area contributed by atoms with Crippen LogP contribution in [0, 0.1) is 6.92 Å². The molecule has 0 aromatic heterocycles. The molecule has 0 aliphatic heterocycles. The van der Waals surface area contributed by atoms with Crippen LogP contribution in [0.25, 0.3) is 0 Å². The Morgan fingerprint density at radius 3 is 2.15 bits per heavy atom. The van der Waals surface area contributed by atoms with Crippen molar-refractivity contribution in [3.63, 3.8) is 0 Å². The van der Waals surface area contributed by atoms with E-state index in [9.17, 15) is 18.0 Å². The van der Waals surface area contributed by atoms with Gasteiger partial charge in [0.15, 0.2) is 0 Å². The number of sulfonamides is 1. The van der Waals surface area contributed by atoms with E-state index < -0.39 is 28.5 Å². The van der Waals surface area contributed by atoms with Crippen molar-refractivity contribution < 1.29 is 18.0 Å². The summed E-state index contributed by atoms with van der Waals surface area (Å²) in [7, 11) is -4.18. The first-order chi connectivity index (χ1) is 18.9. The Bertz CT molecular complexity index is 1430. The molecule has 0 aliphatic rings. The first kappa shape index (κ1) is 31.7. The summed E-state index contributed by atoms with van der Waals surface area (Å²) in [5.74, 6) is -0.934. The number of anilines is 1. The fourth-order valence-electron chi connectivity index (χ4n) is 3.93. The van der Waals surface area contributed by atoms with Crippen molar-refractivity contribution in [1.82, 2.24) is 10.2 Å². The molecule has 0 saturated heterocycles. The molecule has 40 heavy (non-hydrogen) atoms. The Morgan fingerprint density at radius 2 is 1.55 bits per heavy atom. The lowest BCUT2D eigenvalue weighted by molar-refractivity contribution is -0.139. The topological polar surface area (TPSA) is 86.8 Å². The van der Waals surface area contributed by atoms with Gasteiger partial charge in [-0.1, -0.05) is 71.9 Å². The number of hydrogen-bond acceptors (Lipinski definition) is 4. The summed E-state index contributed by atoms with van der Waals surface area (Å²) in [4.78, 5) is 28.3. The van der Waals surface area contributed by atoms with Crippen LogP contribution < -0.4 is 9.62 Å². The number of nitrogens with zero attached hydrogens (tertiary/aromatic N) is 2. The molecule has 0 heterocycles. The van der Waals surface area contributed by atoms with E-state index in [2.05, 4.69) is 5.32 Å². The number of unbranched alkanes of at least 4 members (excludes halogenated alkanes) is 1. The van der Waals surface area contributed by atoms with Gasteiger partial charge in [0.1, 0.15) is 12.6 Å². The van der Waals surface area contributed by atoms with Crippen LogP contribution in [0.5, 0.6) is 0 Å². The van der Waals surface area contributed by atoms with Gasteiger partial charge in [0.25, 0.3) is 10.0 Å². The Morgan fingerprint density at radius 1 is 0.925 bits per heavy atom. The van der Waals surface area contributed by atoms with Crippen molar-refractivity contribution in [1.29, 1.82) is 0 Å². The molecule has 0 aliphatic carbocycles. The third kappa shape index (κ3) is 8.13. The Balaban J connectivity index is 2.01. The summed E-state index contributed by atoms with van der Waals surface area (Å²) >= 11 is 18.4. The zero-order valence-electron chi connectivity index (χ0n) is 22.5. The Hall–Kier alpha value is -2.78. The summed E-state index contributed by atoms with van der Waals surface area (Å²) < 4.78 is 28.7. The minimum absolute atomic E-state index is 0.0251. The second kappa shape index (κ2) is 14.2. The molecule has 3 aromatic carbocycles. The molecule has 0 spiro atoms. The van der Waals surface area contributed by atoms with E-state index in [0.717, 1.165) is 22.7 Å². The van der Waals surface area contributed by atoms with Crippen molar-refractivity contribution in [2.45, 2.75) is 51.1 Å². The van der Waals surface area contributed by atoms with Crippen LogP contribution in [0.15, 0.2) is 71.6 Å². The number of nitrogens with one attached hydrogen (secondary N) is 1. The van der Waals surface area contributed by atoms with Crippen LogP contribution in [0.2, 0.25) is 15.1 Å². The van der Waals surface area contributed by atoms with E-state index in [-0.39, 0.29) is 17.3 Å². The number of aryl methyl sites for hydroxylation is 1. The number of amides is 2. The molecule has 11 heteroatoms. The van der Waals surface area contributed by atoms with Gasteiger partial charge >= 0.3 is 0 Å². The summed E-state index contributed by atoms with van der Waals surface area (Å²) in [6, 6.07) is 16.5. The van der Waals surface area contributed by atoms with Crippen molar-refractivity contribution >= 4 is 62.3 Å². The first-order valence-corrected chi connectivity index (χ1v) is 15.4. The third-order valence-corrected chi connectivity index (χ3v) is 8.98. The maximum absolute atomic E-state index is 13.9. The predicted molar refractivity (Wildman–Crippen MR) is 162 cm³/mol. The molecule has 0 fully saturated rings. The highest BCUT2D eigenvalue weighted by Crippen LogP contribution is 2.27. The fraction of sp³-hybridized carbons (Fsp3) is 0.310. The first-order valence-electron chi connectivity index (χ1n) is 12.8. The lowest BCUT2D eigenvalue weighted by atomic mass is 10.1. The minimum atomic E-state index is -4.18. The Kier molecular flexibility index (Phi) is 11.3. The molecule has 3 rings (SSSR count). The lowest BCUT2D eigenvalue weighted by Gasteiger charge is -2.32. The minimum Gasteiger partial charge on any atom is -0.354 e. The number of halogens is 3. The van der Waals surface area contributed by atoms with Crippen LogP contribution in [-0.2, 0) is 26.2 Å². The van der Waals surface area contributed by atoms with Gasteiger partial charge in [-0.15, -0.1) is 0 Å². The second-order valence-corrected chi connectivity index (χ2v) is 12.5. The van der Waals surface area contributed by atoms with Crippen molar-refractivity contribution in [3.05, 3.63) is 92.9 Å². The quantitative estimate of drug-likeness (QED) is 0.234. The fourth-order valence-corrected chi connectivity index (χ4v) is 5.93. The smallest absolute Gasteiger partial charge is 0.264 e. The van der Waals surface area contributed by atoms with Gasteiger partial charge in [0.2, 0.25) is 11.8 Å². The molecule has 7 nitrogen and oxygen atoms in total. The predicted octanol–water partition coefficient (Wildman–Crippen LogP) is 6.48. The zero-order valence-corrected chi connectivity index (χ0v) is 25.6. The summed E-state index contributed by atoms with van der Waals surface area (Å²) in [6.07, 6.45) is 1.68. The van der Waals surface area contributed by atoms with Crippen molar-refractivity contribution in [2.24, 2.45) is 0 Å². The van der Waals surface area contributed by atoms with E-state index in [0.29, 0.717) is 32.9 Å². The van der Waals surface area contributed by atoms with Crippen LogP contribution >= 0.6 is 34.8 Å². The van der Waals surface area contributed by atoms with Crippen molar-refractivity contribution in [2.75, 3.05) is 17.4 Å². The van der Waals surface area contributed by atoms with Gasteiger partial charge in [-0.2, -0.15) is 0 Å². The molecule has 1 N–H and O–H groups in total. The van der Waals surface area contributed by atoms with Gasteiger partial charge < -0.3 is 10.2 Å². The van der Waals surface area contributed by atoms with Crippen molar-refractivity contribution in [3.8, 4) is 0 Å². The zero-order chi connectivity index (χ0) is 29.4. The largest absolute Gasteiger partial charge is 0.354 e. The second-order valence-electron chi connectivity index (χ2n) is 9.38. The molecule has 2 amide bonds. The average molecular weight is 625 g/mol. The highest BCUT2D eigenvalue weighted by molar-refractivity contribution is 7.92. The molecule has 0 bridgehead atoms. The molecule has 3 aromatic rings. The third-order valence-electron chi connectivity index (χ3n) is 6.36.